The van der Waals surface area contributed by atoms with Gasteiger partial charge in [0.05, 0.1) is 46.4 Å². The Balaban J connectivity index is 1.89. The van der Waals surface area contributed by atoms with E-state index in [2.05, 4.69) is 56.7 Å². The number of hydrogen-bond donors (Lipinski definition) is 0. The van der Waals surface area contributed by atoms with Crippen LogP contribution in [0.1, 0.15) is 16.7 Å². The highest BCUT2D eigenvalue weighted by Gasteiger charge is 2.36. The van der Waals surface area contributed by atoms with Gasteiger partial charge in [-0.2, -0.15) is 15.8 Å². The zero-order valence-electron chi connectivity index (χ0n) is 19.2. The fourth-order valence-corrected chi connectivity index (χ4v) is 5.48. The van der Waals surface area contributed by atoms with Crippen molar-refractivity contribution in [1.29, 1.82) is 15.8 Å². The van der Waals surface area contributed by atoms with Crippen molar-refractivity contribution in [2.24, 2.45) is 0 Å². The predicted molar refractivity (Wildman–Crippen MR) is 141 cm³/mol. The largest absolute Gasteiger partial charge is 0.374 e. The average Bonchev–Trinajstić information content (AvgIpc) is 3.26. The van der Waals surface area contributed by atoms with Crippen molar-refractivity contribution in [1.82, 2.24) is 4.48 Å². The Morgan fingerprint density at radius 1 is 0.750 bits per heavy atom. The lowest BCUT2D eigenvalue weighted by atomic mass is 9.47. The Hall–Kier alpha value is -5.50. The van der Waals surface area contributed by atoms with Gasteiger partial charge in [-0.3, -0.25) is 0 Å². The number of para-hydroxylation sites is 2. The molecule has 0 bridgehead atoms. The molecule has 0 amide bonds. The minimum Gasteiger partial charge on any atom is -0.374 e. The second kappa shape index (κ2) is 7.78. The second-order valence-corrected chi connectivity index (χ2v) is 8.71. The molecule has 0 atom stereocenters. The molecule has 0 unspecified atom stereocenters. The molecule has 0 spiro atoms. The summed E-state index contributed by atoms with van der Waals surface area (Å²) in [5.74, 6) is 0. The molecule has 6 rings (SSSR count). The minimum atomic E-state index is -0.334. The zero-order valence-corrected chi connectivity index (χ0v) is 19.2. The lowest BCUT2D eigenvalue weighted by Gasteiger charge is -2.35. The maximum absolute atomic E-state index is 10.2. The number of nitrogens with zero attached hydrogens (tertiary/aromatic N) is 6. The maximum atomic E-state index is 10.2. The summed E-state index contributed by atoms with van der Waals surface area (Å²) in [5.41, 5.74) is 6.80. The molecule has 0 fully saturated rings. The Morgan fingerprint density at radius 2 is 1.31 bits per heavy atom. The smallest absolute Gasteiger partial charge is 0.332 e. The summed E-state index contributed by atoms with van der Waals surface area (Å²) < 4.78 is 2.06. The van der Waals surface area contributed by atoms with Crippen molar-refractivity contribution in [3.63, 3.8) is 0 Å². The number of benzene rings is 4. The molecular weight excluding hydrogens is 443 g/mol. The van der Waals surface area contributed by atoms with E-state index in [9.17, 15) is 15.8 Å². The van der Waals surface area contributed by atoms with Gasteiger partial charge in [0.25, 0.3) is 0 Å². The van der Waals surface area contributed by atoms with Crippen molar-refractivity contribution < 1.29 is 0 Å². The molecule has 2 heterocycles. The number of nitriles is 3. The van der Waals surface area contributed by atoms with Gasteiger partial charge in [-0.1, -0.05) is 36.4 Å². The van der Waals surface area contributed by atoms with Gasteiger partial charge in [-0.15, -0.1) is 0 Å². The molecule has 1 aromatic heterocycles. The van der Waals surface area contributed by atoms with Crippen LogP contribution in [0.15, 0.2) is 72.8 Å². The molecule has 0 N–H and O–H groups in total. The van der Waals surface area contributed by atoms with Gasteiger partial charge in [-0.05, 0) is 52.7 Å². The number of anilines is 2. The van der Waals surface area contributed by atoms with E-state index in [4.69, 9.17) is 6.57 Å². The van der Waals surface area contributed by atoms with Crippen molar-refractivity contribution in [2.75, 3.05) is 11.9 Å². The molecule has 1 aliphatic heterocycles. The number of hydrogen-bond acceptors (Lipinski definition) is 4. The van der Waals surface area contributed by atoms with E-state index in [1.165, 1.54) is 0 Å². The van der Waals surface area contributed by atoms with Crippen LogP contribution < -0.4 is 15.8 Å². The summed E-state index contributed by atoms with van der Waals surface area (Å²) in [6.45, 7) is 7.24. The third-order valence-electron chi connectivity index (χ3n) is 6.92. The van der Waals surface area contributed by atoms with Crippen LogP contribution in [0.3, 0.4) is 0 Å². The number of fused-ring (bicyclic) bond motifs is 5. The van der Waals surface area contributed by atoms with Crippen molar-refractivity contribution in [3.8, 4) is 18.2 Å². The lowest BCUT2D eigenvalue weighted by molar-refractivity contribution is 1.20. The summed E-state index contributed by atoms with van der Waals surface area (Å²) in [6, 6.07) is 29.6. The SMILES string of the molecule is [C-]#[N+]c1cc(C#N)c2c(c1)c1cc(C#N)cc(C#N)c1n2B1c2ccccc2N(C)c2ccccc21. The van der Waals surface area contributed by atoms with Gasteiger partial charge >= 0.3 is 6.85 Å². The topological polar surface area (TPSA) is 83.9 Å². The first-order chi connectivity index (χ1) is 17.6. The van der Waals surface area contributed by atoms with E-state index in [1.807, 2.05) is 31.3 Å². The molecule has 0 saturated carbocycles. The Labute approximate surface area is 208 Å². The molecular formula is C29H15BN6. The van der Waals surface area contributed by atoms with E-state index >= 15 is 0 Å². The van der Waals surface area contributed by atoms with E-state index in [1.54, 1.807) is 24.3 Å². The molecule has 164 valence electrons. The molecule has 36 heavy (non-hydrogen) atoms. The fraction of sp³-hybridized carbons (Fsp3) is 0.0345. The van der Waals surface area contributed by atoms with Gasteiger partial charge in [-0.25, -0.2) is 4.85 Å². The van der Waals surface area contributed by atoms with Crippen molar-refractivity contribution in [2.45, 2.75) is 0 Å². The fourth-order valence-electron chi connectivity index (χ4n) is 5.48. The van der Waals surface area contributed by atoms with Gasteiger partial charge in [0.2, 0.25) is 0 Å². The van der Waals surface area contributed by atoms with Crippen LogP contribution >= 0.6 is 0 Å². The van der Waals surface area contributed by atoms with Crippen molar-refractivity contribution in [3.05, 3.63) is 101 Å². The van der Waals surface area contributed by atoms with E-state index < -0.39 is 0 Å². The van der Waals surface area contributed by atoms with Crippen molar-refractivity contribution >= 4 is 56.6 Å². The van der Waals surface area contributed by atoms with E-state index in [0.29, 0.717) is 44.2 Å². The molecule has 1 aliphatic rings. The van der Waals surface area contributed by atoms with Crippen LogP contribution in [0.4, 0.5) is 17.1 Å². The van der Waals surface area contributed by atoms with Gasteiger partial charge in [0.1, 0.15) is 6.07 Å². The van der Waals surface area contributed by atoms with Gasteiger partial charge in [0.15, 0.2) is 5.69 Å². The van der Waals surface area contributed by atoms with Crippen LogP contribution in [0.25, 0.3) is 26.7 Å². The van der Waals surface area contributed by atoms with Gasteiger partial charge in [0, 0.05) is 23.8 Å². The first-order valence-electron chi connectivity index (χ1n) is 11.3. The summed E-state index contributed by atoms with van der Waals surface area (Å²) >= 11 is 0. The molecule has 0 radical (unpaired) electrons. The Kier molecular flexibility index (Phi) is 4.55. The molecule has 0 aliphatic carbocycles. The molecule has 7 heteroatoms. The normalized spacial score (nSPS) is 11.8. The third kappa shape index (κ3) is 2.75. The second-order valence-electron chi connectivity index (χ2n) is 8.71. The highest BCUT2D eigenvalue weighted by Crippen LogP contribution is 2.38. The molecule has 0 saturated heterocycles. The Morgan fingerprint density at radius 3 is 1.86 bits per heavy atom. The Bertz CT molecular complexity index is 1790. The predicted octanol–water partition coefficient (Wildman–Crippen LogP) is 4.70. The maximum Gasteiger partial charge on any atom is 0.332 e. The summed E-state index contributed by atoms with van der Waals surface area (Å²) in [5, 5.41) is 31.4. The van der Waals surface area contributed by atoms with Gasteiger partial charge < -0.3 is 9.38 Å². The van der Waals surface area contributed by atoms with Crippen LogP contribution in [0.2, 0.25) is 0 Å². The highest BCUT2D eigenvalue weighted by molar-refractivity contribution is 6.88. The van der Waals surface area contributed by atoms with Crippen LogP contribution in [-0.4, -0.2) is 18.4 Å². The minimum absolute atomic E-state index is 0.334. The highest BCUT2D eigenvalue weighted by atomic mass is 15.1. The monoisotopic (exact) mass is 458 g/mol. The molecule has 4 aromatic carbocycles. The summed E-state index contributed by atoms with van der Waals surface area (Å²) in [4.78, 5) is 5.73. The first kappa shape index (κ1) is 21.1. The summed E-state index contributed by atoms with van der Waals surface area (Å²) in [6.07, 6.45) is 0. The lowest BCUT2D eigenvalue weighted by Crippen LogP contribution is -2.54. The number of aromatic nitrogens is 1. The first-order valence-corrected chi connectivity index (χ1v) is 11.3. The summed E-state index contributed by atoms with van der Waals surface area (Å²) in [7, 11) is 2.03. The average molecular weight is 458 g/mol. The van der Waals surface area contributed by atoms with E-state index in [-0.39, 0.29) is 6.85 Å². The molecule has 6 nitrogen and oxygen atoms in total. The standard InChI is InChI=1S/C29H15BN6/c1-34-21-13-20(17-33)29-23(14-21)22-12-18(15-31)11-19(16-32)28(22)36(29)30-24-7-3-5-9-26(24)35(2)27-10-6-4-8-25(27)30/h3-14H,2H3. The van der Waals surface area contributed by atoms with Crippen LogP contribution in [-0.2, 0) is 0 Å². The van der Waals surface area contributed by atoms with Crippen LogP contribution in [0, 0.1) is 40.6 Å². The zero-order chi connectivity index (χ0) is 25.0. The van der Waals surface area contributed by atoms with E-state index in [0.717, 1.165) is 22.3 Å². The van der Waals surface area contributed by atoms with Crippen LogP contribution in [0.5, 0.6) is 0 Å². The quantitative estimate of drug-likeness (QED) is 0.269. The molecule has 5 aromatic rings. The number of rotatable bonds is 1. The third-order valence-corrected chi connectivity index (χ3v) is 6.92.